The van der Waals surface area contributed by atoms with Crippen molar-refractivity contribution in [3.63, 3.8) is 0 Å². The van der Waals surface area contributed by atoms with Crippen LogP contribution in [0.3, 0.4) is 0 Å². The minimum atomic E-state index is -0.101. The molecule has 0 aromatic carbocycles. The average molecular weight is 168 g/mol. The van der Waals surface area contributed by atoms with Gasteiger partial charge in [0.25, 0.3) is 11.2 Å². The molecule has 0 fully saturated rings. The number of methoxy groups -OCH3 is 1. The lowest BCUT2D eigenvalue weighted by atomic mass is 10.3. The van der Waals surface area contributed by atoms with Crippen molar-refractivity contribution in [3.8, 4) is 5.19 Å². The molecule has 0 N–H and O–H groups in total. The summed E-state index contributed by atoms with van der Waals surface area (Å²) in [4.78, 5) is 8.28. The lowest BCUT2D eigenvalue weighted by Gasteiger charge is -1.90. The standard InChI is InChI=1S/C7H8N2OS/c1-5(8-2)6-4-9-7(10-3)11-6/h4-5H,1,3H3. The number of ether oxygens (including phenoxy) is 1. The van der Waals surface area contributed by atoms with Crippen LogP contribution in [0.1, 0.15) is 17.8 Å². The van der Waals surface area contributed by atoms with Crippen LogP contribution in [0, 0.1) is 6.57 Å². The van der Waals surface area contributed by atoms with E-state index in [2.05, 4.69) is 9.83 Å². The van der Waals surface area contributed by atoms with E-state index in [1.807, 2.05) is 6.92 Å². The Morgan fingerprint density at radius 1 is 1.82 bits per heavy atom. The van der Waals surface area contributed by atoms with Crippen LogP contribution in [0.25, 0.3) is 4.85 Å². The summed E-state index contributed by atoms with van der Waals surface area (Å²) < 4.78 is 4.89. The molecule has 58 valence electrons. The molecule has 1 aromatic heterocycles. The number of rotatable bonds is 2. The smallest absolute Gasteiger partial charge is 0.273 e. The summed E-state index contributed by atoms with van der Waals surface area (Å²) >= 11 is 1.42. The third kappa shape index (κ3) is 1.69. The zero-order valence-corrected chi connectivity index (χ0v) is 7.18. The maximum absolute atomic E-state index is 6.78. The van der Waals surface area contributed by atoms with Crippen molar-refractivity contribution in [1.82, 2.24) is 4.98 Å². The van der Waals surface area contributed by atoms with Crippen molar-refractivity contribution in [3.05, 3.63) is 22.5 Å². The van der Waals surface area contributed by atoms with Crippen LogP contribution < -0.4 is 4.74 Å². The van der Waals surface area contributed by atoms with E-state index in [4.69, 9.17) is 11.3 Å². The van der Waals surface area contributed by atoms with Gasteiger partial charge in [-0.2, -0.15) is 0 Å². The van der Waals surface area contributed by atoms with Gasteiger partial charge in [-0.1, -0.05) is 11.3 Å². The van der Waals surface area contributed by atoms with E-state index in [1.165, 1.54) is 11.3 Å². The lowest BCUT2D eigenvalue weighted by Crippen LogP contribution is -1.78. The molecule has 0 amide bonds. The minimum Gasteiger partial charge on any atom is -0.473 e. The van der Waals surface area contributed by atoms with Gasteiger partial charge in [-0.15, -0.1) is 0 Å². The third-order valence-electron chi connectivity index (χ3n) is 1.28. The maximum Gasteiger partial charge on any atom is 0.273 e. The first-order chi connectivity index (χ1) is 5.27. The van der Waals surface area contributed by atoms with Crippen LogP contribution >= 0.6 is 11.3 Å². The Hall–Kier alpha value is -1.08. The molecule has 1 heterocycles. The summed E-state index contributed by atoms with van der Waals surface area (Å²) in [5.41, 5.74) is 0. The highest BCUT2D eigenvalue weighted by molar-refractivity contribution is 7.13. The molecule has 0 saturated heterocycles. The second-order valence-corrected chi connectivity index (χ2v) is 3.06. The molecule has 0 bridgehead atoms. The number of thiazole rings is 1. The van der Waals surface area contributed by atoms with Crippen LogP contribution in [0.5, 0.6) is 5.19 Å². The van der Waals surface area contributed by atoms with Gasteiger partial charge in [-0.3, -0.25) is 0 Å². The fraction of sp³-hybridized carbons (Fsp3) is 0.429. The Balaban J connectivity index is 2.82. The van der Waals surface area contributed by atoms with Gasteiger partial charge in [0.2, 0.25) is 0 Å². The molecular weight excluding hydrogens is 160 g/mol. The molecule has 3 nitrogen and oxygen atoms in total. The predicted octanol–water partition coefficient (Wildman–Crippen LogP) is 2.13. The Morgan fingerprint density at radius 3 is 3.00 bits per heavy atom. The quantitative estimate of drug-likeness (QED) is 0.632. The van der Waals surface area contributed by atoms with Crippen molar-refractivity contribution in [2.24, 2.45) is 0 Å². The van der Waals surface area contributed by atoms with Crippen LogP contribution in [0.2, 0.25) is 0 Å². The topological polar surface area (TPSA) is 26.5 Å². The number of aromatic nitrogens is 1. The van der Waals surface area contributed by atoms with Crippen molar-refractivity contribution >= 4 is 11.3 Å². The highest BCUT2D eigenvalue weighted by Crippen LogP contribution is 2.27. The lowest BCUT2D eigenvalue weighted by molar-refractivity contribution is 0.412. The fourth-order valence-corrected chi connectivity index (χ4v) is 1.34. The Kier molecular flexibility index (Phi) is 2.44. The van der Waals surface area contributed by atoms with Crippen molar-refractivity contribution in [2.45, 2.75) is 13.0 Å². The molecule has 0 spiro atoms. The van der Waals surface area contributed by atoms with Gasteiger partial charge >= 0.3 is 0 Å². The summed E-state index contributed by atoms with van der Waals surface area (Å²) in [5.74, 6) is 0. The van der Waals surface area contributed by atoms with Crippen LogP contribution in [0.4, 0.5) is 0 Å². The molecule has 0 aliphatic rings. The summed E-state index contributed by atoms with van der Waals surface area (Å²) in [6, 6.07) is -0.101. The van der Waals surface area contributed by atoms with Gasteiger partial charge < -0.3 is 9.58 Å². The number of hydrogen-bond donors (Lipinski definition) is 0. The monoisotopic (exact) mass is 168 g/mol. The molecule has 0 saturated carbocycles. The van der Waals surface area contributed by atoms with E-state index in [0.717, 1.165) is 4.88 Å². The number of hydrogen-bond acceptors (Lipinski definition) is 3. The summed E-state index contributed by atoms with van der Waals surface area (Å²) in [7, 11) is 1.57. The van der Waals surface area contributed by atoms with Crippen molar-refractivity contribution in [1.29, 1.82) is 0 Å². The van der Waals surface area contributed by atoms with Gasteiger partial charge in [0.05, 0.1) is 13.3 Å². The molecular formula is C7H8N2OS. The summed E-state index contributed by atoms with van der Waals surface area (Å²) in [5, 5.41) is 0.621. The van der Waals surface area contributed by atoms with Crippen LogP contribution in [-0.4, -0.2) is 12.1 Å². The number of nitrogens with zero attached hydrogens (tertiary/aromatic N) is 2. The Bertz CT molecular complexity index is 276. The van der Waals surface area contributed by atoms with E-state index in [9.17, 15) is 0 Å². The van der Waals surface area contributed by atoms with Crippen molar-refractivity contribution < 1.29 is 4.74 Å². The maximum atomic E-state index is 6.78. The molecule has 1 rings (SSSR count). The molecule has 1 unspecified atom stereocenters. The van der Waals surface area contributed by atoms with E-state index in [-0.39, 0.29) is 6.04 Å². The average Bonchev–Trinajstić information content (AvgIpc) is 2.50. The van der Waals surface area contributed by atoms with E-state index in [0.29, 0.717) is 5.19 Å². The zero-order valence-electron chi connectivity index (χ0n) is 6.37. The highest BCUT2D eigenvalue weighted by Gasteiger charge is 2.12. The summed E-state index contributed by atoms with van der Waals surface area (Å²) in [6.07, 6.45) is 1.69. The zero-order chi connectivity index (χ0) is 8.27. The van der Waals surface area contributed by atoms with Gasteiger partial charge in [-0.25, -0.2) is 11.6 Å². The second-order valence-electron chi connectivity index (χ2n) is 2.04. The van der Waals surface area contributed by atoms with E-state index >= 15 is 0 Å². The van der Waals surface area contributed by atoms with E-state index in [1.54, 1.807) is 13.3 Å². The third-order valence-corrected chi connectivity index (χ3v) is 2.41. The molecule has 0 radical (unpaired) electrons. The van der Waals surface area contributed by atoms with Gasteiger partial charge in [0, 0.05) is 6.92 Å². The first-order valence-corrected chi connectivity index (χ1v) is 3.96. The van der Waals surface area contributed by atoms with Gasteiger partial charge in [0.15, 0.2) is 0 Å². The van der Waals surface area contributed by atoms with Crippen LogP contribution in [-0.2, 0) is 0 Å². The Morgan fingerprint density at radius 2 is 2.55 bits per heavy atom. The molecule has 0 aliphatic carbocycles. The molecule has 4 heteroatoms. The van der Waals surface area contributed by atoms with Crippen LogP contribution in [0.15, 0.2) is 6.20 Å². The molecule has 0 aliphatic heterocycles. The van der Waals surface area contributed by atoms with Gasteiger partial charge in [0.1, 0.15) is 4.88 Å². The van der Waals surface area contributed by atoms with E-state index < -0.39 is 0 Å². The normalized spacial score (nSPS) is 12.1. The largest absolute Gasteiger partial charge is 0.473 e. The SMILES string of the molecule is [C-]#[N+]C(C)c1cnc(OC)s1. The first kappa shape index (κ1) is 8.02. The first-order valence-electron chi connectivity index (χ1n) is 3.14. The molecule has 11 heavy (non-hydrogen) atoms. The summed E-state index contributed by atoms with van der Waals surface area (Å²) in [6.45, 7) is 8.62. The minimum absolute atomic E-state index is 0.101. The van der Waals surface area contributed by atoms with Gasteiger partial charge in [-0.05, 0) is 0 Å². The van der Waals surface area contributed by atoms with Crippen molar-refractivity contribution in [2.75, 3.05) is 7.11 Å². The highest BCUT2D eigenvalue weighted by atomic mass is 32.1. The predicted molar refractivity (Wildman–Crippen MR) is 43.7 cm³/mol. The molecule has 1 atom stereocenters. The molecule has 1 aromatic rings. The Labute approximate surface area is 69.5 Å². The fourth-order valence-electron chi connectivity index (χ4n) is 0.621. The second kappa shape index (κ2) is 3.35.